The Kier molecular flexibility index (Phi) is 6.22. The van der Waals surface area contributed by atoms with Crippen LogP contribution in [-0.4, -0.2) is 30.4 Å². The van der Waals surface area contributed by atoms with E-state index in [0.717, 1.165) is 43.7 Å². The maximum absolute atomic E-state index is 11.7. The lowest BCUT2D eigenvalue weighted by Gasteiger charge is -2.22. The first-order valence-corrected chi connectivity index (χ1v) is 8.06. The molecule has 0 radical (unpaired) electrons. The van der Waals surface area contributed by atoms with Gasteiger partial charge in [0.1, 0.15) is 0 Å². The lowest BCUT2D eigenvalue weighted by molar-refractivity contribution is -0.117. The number of benzene rings is 1. The topological polar surface area (TPSA) is 32.3 Å². The summed E-state index contributed by atoms with van der Waals surface area (Å²) in [6.45, 7) is 9.82. The van der Waals surface area contributed by atoms with Gasteiger partial charge in [0.25, 0.3) is 0 Å². The standard InChI is InChI=1S/C18H23ClN2O/c1-3-11-21(12-4-2)13-17(19)14-7-9-16(10-8-14)20-18(22)15-5-6-15/h3-4,7-10,15,17H,1-2,5-6,11-13H2,(H,20,22). The number of anilines is 1. The second-order valence-corrected chi connectivity index (χ2v) is 6.18. The number of alkyl halides is 1. The summed E-state index contributed by atoms with van der Waals surface area (Å²) < 4.78 is 0. The molecule has 0 aromatic heterocycles. The van der Waals surface area contributed by atoms with E-state index in [4.69, 9.17) is 11.6 Å². The van der Waals surface area contributed by atoms with E-state index in [1.807, 2.05) is 36.4 Å². The maximum Gasteiger partial charge on any atom is 0.227 e. The number of nitrogens with zero attached hydrogens (tertiary/aromatic N) is 1. The Morgan fingerprint density at radius 2 is 1.86 bits per heavy atom. The summed E-state index contributed by atoms with van der Waals surface area (Å²) in [4.78, 5) is 13.9. The van der Waals surface area contributed by atoms with Gasteiger partial charge in [0.2, 0.25) is 5.91 Å². The fraction of sp³-hybridized carbons (Fsp3) is 0.389. The largest absolute Gasteiger partial charge is 0.326 e. The Morgan fingerprint density at radius 1 is 1.27 bits per heavy atom. The van der Waals surface area contributed by atoms with Crippen LogP contribution in [0.5, 0.6) is 0 Å². The average Bonchev–Trinajstić information content (AvgIpc) is 3.33. The Labute approximate surface area is 137 Å². The smallest absolute Gasteiger partial charge is 0.227 e. The van der Waals surface area contributed by atoms with Gasteiger partial charge in [-0.2, -0.15) is 0 Å². The summed E-state index contributed by atoms with van der Waals surface area (Å²) >= 11 is 6.49. The fourth-order valence-electron chi connectivity index (χ4n) is 2.29. The van der Waals surface area contributed by atoms with Gasteiger partial charge in [0, 0.05) is 31.2 Å². The highest BCUT2D eigenvalue weighted by Gasteiger charge is 2.29. The number of halogens is 1. The number of rotatable bonds is 9. The normalized spacial score (nSPS) is 15.4. The third-order valence-corrected chi connectivity index (χ3v) is 4.07. The van der Waals surface area contributed by atoms with E-state index in [2.05, 4.69) is 23.4 Å². The Balaban J connectivity index is 1.91. The molecule has 1 aromatic carbocycles. The molecule has 1 aliphatic rings. The third kappa shape index (κ3) is 5.00. The number of nitrogens with one attached hydrogen (secondary N) is 1. The monoisotopic (exact) mass is 318 g/mol. The average molecular weight is 319 g/mol. The molecule has 0 aliphatic heterocycles. The van der Waals surface area contributed by atoms with Gasteiger partial charge in [0.05, 0.1) is 5.38 Å². The van der Waals surface area contributed by atoms with Gasteiger partial charge in [-0.05, 0) is 30.5 Å². The fourth-order valence-corrected chi connectivity index (χ4v) is 2.63. The molecule has 1 amide bonds. The molecule has 4 heteroatoms. The molecule has 1 fully saturated rings. The summed E-state index contributed by atoms with van der Waals surface area (Å²) in [5.74, 6) is 0.338. The van der Waals surface area contributed by atoms with E-state index in [9.17, 15) is 4.79 Å². The summed E-state index contributed by atoms with van der Waals surface area (Å²) in [5, 5.41) is 2.83. The van der Waals surface area contributed by atoms with Crippen LogP contribution in [0.4, 0.5) is 5.69 Å². The van der Waals surface area contributed by atoms with E-state index < -0.39 is 0 Å². The first-order valence-electron chi connectivity index (χ1n) is 7.63. The van der Waals surface area contributed by atoms with E-state index in [-0.39, 0.29) is 17.2 Å². The van der Waals surface area contributed by atoms with Crippen molar-refractivity contribution in [3.8, 4) is 0 Å². The zero-order valence-electron chi connectivity index (χ0n) is 12.8. The van der Waals surface area contributed by atoms with Crippen LogP contribution in [0, 0.1) is 5.92 Å². The molecule has 2 rings (SSSR count). The summed E-state index contributed by atoms with van der Waals surface area (Å²) in [7, 11) is 0. The van der Waals surface area contributed by atoms with Gasteiger partial charge in [-0.15, -0.1) is 24.8 Å². The van der Waals surface area contributed by atoms with E-state index in [1.54, 1.807) is 0 Å². The Hall–Kier alpha value is -1.58. The molecule has 3 nitrogen and oxygen atoms in total. The van der Waals surface area contributed by atoms with Gasteiger partial charge in [-0.1, -0.05) is 24.3 Å². The maximum atomic E-state index is 11.7. The number of amides is 1. The highest BCUT2D eigenvalue weighted by atomic mass is 35.5. The summed E-state index contributed by atoms with van der Waals surface area (Å²) in [6.07, 6.45) is 5.75. The van der Waals surface area contributed by atoms with Crippen molar-refractivity contribution in [2.75, 3.05) is 25.0 Å². The SMILES string of the molecule is C=CCN(CC=C)CC(Cl)c1ccc(NC(=O)C2CC2)cc1. The molecule has 1 saturated carbocycles. The van der Waals surface area contributed by atoms with Crippen LogP contribution in [0.1, 0.15) is 23.8 Å². The highest BCUT2D eigenvalue weighted by Crippen LogP contribution is 2.30. The molecular formula is C18H23ClN2O. The quantitative estimate of drug-likeness (QED) is 0.551. The molecule has 1 atom stereocenters. The zero-order chi connectivity index (χ0) is 15.9. The van der Waals surface area contributed by atoms with Crippen molar-refractivity contribution in [3.05, 3.63) is 55.1 Å². The first kappa shape index (κ1) is 16.8. The molecule has 1 unspecified atom stereocenters. The van der Waals surface area contributed by atoms with Crippen LogP contribution < -0.4 is 5.32 Å². The van der Waals surface area contributed by atoms with Gasteiger partial charge >= 0.3 is 0 Å². The predicted molar refractivity (Wildman–Crippen MR) is 93.2 cm³/mol. The molecule has 1 N–H and O–H groups in total. The lowest BCUT2D eigenvalue weighted by atomic mass is 10.1. The number of carbonyl (C=O) groups excluding carboxylic acids is 1. The number of hydrogen-bond acceptors (Lipinski definition) is 2. The molecule has 0 bridgehead atoms. The second-order valence-electron chi connectivity index (χ2n) is 5.65. The molecule has 0 spiro atoms. The van der Waals surface area contributed by atoms with Crippen molar-refractivity contribution in [2.45, 2.75) is 18.2 Å². The van der Waals surface area contributed by atoms with E-state index in [1.165, 1.54) is 0 Å². The van der Waals surface area contributed by atoms with Crippen molar-refractivity contribution >= 4 is 23.2 Å². The molecular weight excluding hydrogens is 296 g/mol. The molecule has 0 saturated heterocycles. The Bertz CT molecular complexity index is 512. The van der Waals surface area contributed by atoms with E-state index >= 15 is 0 Å². The first-order chi connectivity index (χ1) is 10.6. The molecule has 0 heterocycles. The van der Waals surface area contributed by atoms with Crippen LogP contribution in [0.2, 0.25) is 0 Å². The highest BCUT2D eigenvalue weighted by molar-refractivity contribution is 6.21. The minimum absolute atomic E-state index is 0.104. The van der Waals surface area contributed by atoms with Gasteiger partial charge in [-0.25, -0.2) is 0 Å². The van der Waals surface area contributed by atoms with Crippen molar-refractivity contribution in [3.63, 3.8) is 0 Å². The van der Waals surface area contributed by atoms with Gasteiger partial charge in [-0.3, -0.25) is 9.69 Å². The third-order valence-electron chi connectivity index (χ3n) is 3.68. The molecule has 118 valence electrons. The molecule has 1 aliphatic carbocycles. The van der Waals surface area contributed by atoms with Crippen LogP contribution >= 0.6 is 11.6 Å². The summed E-state index contributed by atoms with van der Waals surface area (Å²) in [6, 6.07) is 7.77. The van der Waals surface area contributed by atoms with Gasteiger partial charge < -0.3 is 5.32 Å². The van der Waals surface area contributed by atoms with Crippen LogP contribution in [0.3, 0.4) is 0 Å². The second kappa shape index (κ2) is 8.16. The van der Waals surface area contributed by atoms with Crippen molar-refractivity contribution in [1.82, 2.24) is 4.90 Å². The van der Waals surface area contributed by atoms with Crippen molar-refractivity contribution in [2.24, 2.45) is 5.92 Å². The molecule has 1 aromatic rings. The van der Waals surface area contributed by atoms with Crippen LogP contribution in [0.15, 0.2) is 49.6 Å². The van der Waals surface area contributed by atoms with E-state index in [0.29, 0.717) is 0 Å². The Morgan fingerprint density at radius 3 is 2.36 bits per heavy atom. The van der Waals surface area contributed by atoms with Crippen LogP contribution in [-0.2, 0) is 4.79 Å². The lowest BCUT2D eigenvalue weighted by Crippen LogP contribution is -2.27. The minimum Gasteiger partial charge on any atom is -0.326 e. The summed E-state index contributed by atoms with van der Waals surface area (Å²) in [5.41, 5.74) is 1.88. The van der Waals surface area contributed by atoms with Crippen molar-refractivity contribution < 1.29 is 4.79 Å². The van der Waals surface area contributed by atoms with Gasteiger partial charge in [0.15, 0.2) is 0 Å². The number of hydrogen-bond donors (Lipinski definition) is 1. The van der Waals surface area contributed by atoms with Crippen molar-refractivity contribution in [1.29, 1.82) is 0 Å². The predicted octanol–water partition coefficient (Wildman–Crippen LogP) is 3.99. The zero-order valence-corrected chi connectivity index (χ0v) is 13.6. The molecule has 22 heavy (non-hydrogen) atoms. The number of carbonyl (C=O) groups is 1. The minimum atomic E-state index is -0.104. The van der Waals surface area contributed by atoms with Crippen LogP contribution in [0.25, 0.3) is 0 Å².